The Balaban J connectivity index is 1.61. The number of amides is 1. The third-order valence-corrected chi connectivity index (χ3v) is 6.58. The maximum atomic E-state index is 12.6. The summed E-state index contributed by atoms with van der Waals surface area (Å²) in [7, 11) is -3.11. The molecule has 8 nitrogen and oxygen atoms in total. The minimum absolute atomic E-state index is 0.0292. The standard InChI is InChI=1S/C19H25NO7S/c1-2-3-7-20(15-6-10-28(23,24)13-15)18(21)12-27-19(22)14-4-5-16-17(11-14)26-9-8-25-16/h4-5,11,15H,2-3,6-10,12-13H2,1H3/t15-/m0/s1. The second kappa shape index (κ2) is 8.81. The molecule has 2 aliphatic rings. The van der Waals surface area contributed by atoms with E-state index < -0.39 is 22.4 Å². The average molecular weight is 411 g/mol. The van der Waals surface area contributed by atoms with Crippen molar-refractivity contribution in [3.05, 3.63) is 23.8 Å². The number of carbonyl (C=O) groups is 2. The Kier molecular flexibility index (Phi) is 6.43. The Hall–Kier alpha value is -2.29. The maximum Gasteiger partial charge on any atom is 0.338 e. The zero-order chi connectivity index (χ0) is 20.1. The molecule has 2 heterocycles. The van der Waals surface area contributed by atoms with E-state index >= 15 is 0 Å². The fraction of sp³-hybridized carbons (Fsp3) is 0.579. The Morgan fingerprint density at radius 2 is 1.96 bits per heavy atom. The summed E-state index contributed by atoms with van der Waals surface area (Å²) in [6.45, 7) is 2.89. The van der Waals surface area contributed by atoms with Gasteiger partial charge in [0, 0.05) is 12.6 Å². The molecule has 0 spiro atoms. The van der Waals surface area contributed by atoms with Gasteiger partial charge in [-0.15, -0.1) is 0 Å². The van der Waals surface area contributed by atoms with E-state index in [0.29, 0.717) is 37.7 Å². The number of carbonyl (C=O) groups excluding carboxylic acids is 2. The number of nitrogens with zero attached hydrogens (tertiary/aromatic N) is 1. The van der Waals surface area contributed by atoms with E-state index in [-0.39, 0.29) is 29.0 Å². The summed E-state index contributed by atoms with van der Waals surface area (Å²) in [5.74, 6) is 0.0735. The van der Waals surface area contributed by atoms with Gasteiger partial charge in [0.1, 0.15) is 13.2 Å². The third kappa shape index (κ3) is 4.95. The molecule has 0 aromatic heterocycles. The van der Waals surface area contributed by atoms with Crippen molar-refractivity contribution >= 4 is 21.7 Å². The molecule has 154 valence electrons. The van der Waals surface area contributed by atoms with Gasteiger partial charge in [0.25, 0.3) is 5.91 Å². The molecular formula is C19H25NO7S. The molecule has 1 saturated heterocycles. The summed E-state index contributed by atoms with van der Waals surface area (Å²) in [6.07, 6.45) is 2.06. The second-order valence-electron chi connectivity index (χ2n) is 6.93. The molecule has 0 radical (unpaired) electrons. The van der Waals surface area contributed by atoms with Crippen LogP contribution in [0.25, 0.3) is 0 Å². The largest absolute Gasteiger partial charge is 0.486 e. The summed E-state index contributed by atoms with van der Waals surface area (Å²) < 4.78 is 39.6. The van der Waals surface area contributed by atoms with Crippen LogP contribution in [0, 0.1) is 0 Å². The lowest BCUT2D eigenvalue weighted by molar-refractivity contribution is -0.136. The van der Waals surface area contributed by atoms with Crippen LogP contribution in [0.15, 0.2) is 18.2 Å². The van der Waals surface area contributed by atoms with Crippen LogP contribution in [0.3, 0.4) is 0 Å². The van der Waals surface area contributed by atoms with Gasteiger partial charge >= 0.3 is 5.97 Å². The molecule has 0 unspecified atom stereocenters. The molecule has 1 atom stereocenters. The highest BCUT2D eigenvalue weighted by molar-refractivity contribution is 7.91. The van der Waals surface area contributed by atoms with Crippen LogP contribution >= 0.6 is 0 Å². The molecule has 1 amide bonds. The molecular weight excluding hydrogens is 386 g/mol. The van der Waals surface area contributed by atoms with Crippen LogP contribution in [0.2, 0.25) is 0 Å². The van der Waals surface area contributed by atoms with E-state index in [2.05, 4.69) is 0 Å². The molecule has 0 saturated carbocycles. The number of rotatable bonds is 7. The monoisotopic (exact) mass is 411 g/mol. The van der Waals surface area contributed by atoms with Crippen molar-refractivity contribution < 1.29 is 32.2 Å². The predicted molar refractivity (Wildman–Crippen MR) is 101 cm³/mol. The fourth-order valence-corrected chi connectivity index (χ4v) is 5.06. The summed E-state index contributed by atoms with van der Waals surface area (Å²) in [5, 5.41) is 0. The Labute approximate surface area is 164 Å². The minimum atomic E-state index is -3.11. The van der Waals surface area contributed by atoms with Gasteiger partial charge in [-0.2, -0.15) is 0 Å². The van der Waals surface area contributed by atoms with Gasteiger partial charge in [-0.25, -0.2) is 13.2 Å². The molecule has 9 heteroatoms. The number of ether oxygens (including phenoxy) is 3. The Morgan fingerprint density at radius 3 is 2.64 bits per heavy atom. The van der Waals surface area contributed by atoms with Gasteiger partial charge in [0.15, 0.2) is 27.9 Å². The number of hydrogen-bond donors (Lipinski definition) is 0. The smallest absolute Gasteiger partial charge is 0.338 e. The van der Waals surface area contributed by atoms with E-state index in [1.165, 1.54) is 6.07 Å². The number of benzene rings is 1. The highest BCUT2D eigenvalue weighted by Gasteiger charge is 2.34. The lowest BCUT2D eigenvalue weighted by atomic mass is 10.2. The summed E-state index contributed by atoms with van der Waals surface area (Å²) in [6, 6.07) is 4.36. The van der Waals surface area contributed by atoms with Crippen molar-refractivity contribution in [1.29, 1.82) is 0 Å². The lowest BCUT2D eigenvalue weighted by Gasteiger charge is -2.28. The number of esters is 1. The van der Waals surface area contributed by atoms with E-state index in [0.717, 1.165) is 12.8 Å². The molecule has 0 N–H and O–H groups in total. The molecule has 28 heavy (non-hydrogen) atoms. The summed E-state index contributed by atoms with van der Waals surface area (Å²) in [4.78, 5) is 26.5. The van der Waals surface area contributed by atoms with Crippen LogP contribution in [0.5, 0.6) is 11.5 Å². The lowest BCUT2D eigenvalue weighted by Crippen LogP contribution is -2.43. The highest BCUT2D eigenvalue weighted by Crippen LogP contribution is 2.31. The summed E-state index contributed by atoms with van der Waals surface area (Å²) in [5.41, 5.74) is 0.264. The van der Waals surface area contributed by atoms with Crippen molar-refractivity contribution in [1.82, 2.24) is 4.90 Å². The van der Waals surface area contributed by atoms with Gasteiger partial charge in [0.2, 0.25) is 0 Å². The summed E-state index contributed by atoms with van der Waals surface area (Å²) >= 11 is 0. The van der Waals surface area contributed by atoms with Gasteiger partial charge in [-0.05, 0) is 31.0 Å². The first-order chi connectivity index (χ1) is 13.4. The van der Waals surface area contributed by atoms with Gasteiger partial charge in [0.05, 0.1) is 17.1 Å². The van der Waals surface area contributed by atoms with Crippen LogP contribution in [-0.4, -0.2) is 69.1 Å². The molecule has 1 aromatic carbocycles. The topological polar surface area (TPSA) is 99.2 Å². The number of fused-ring (bicyclic) bond motifs is 1. The Bertz CT molecular complexity index is 837. The molecule has 1 aromatic rings. The van der Waals surface area contributed by atoms with Gasteiger partial charge in [-0.3, -0.25) is 4.79 Å². The van der Waals surface area contributed by atoms with Crippen molar-refractivity contribution in [3.63, 3.8) is 0 Å². The van der Waals surface area contributed by atoms with E-state index in [9.17, 15) is 18.0 Å². The number of hydrogen-bond acceptors (Lipinski definition) is 7. The molecule has 2 aliphatic heterocycles. The quantitative estimate of drug-likeness (QED) is 0.626. The molecule has 3 rings (SSSR count). The normalized spacial score (nSPS) is 19.8. The zero-order valence-electron chi connectivity index (χ0n) is 15.9. The van der Waals surface area contributed by atoms with Crippen molar-refractivity contribution in [3.8, 4) is 11.5 Å². The zero-order valence-corrected chi connectivity index (χ0v) is 16.7. The van der Waals surface area contributed by atoms with Crippen LogP contribution < -0.4 is 9.47 Å². The number of unbranched alkanes of at least 4 members (excludes halogenated alkanes) is 1. The van der Waals surface area contributed by atoms with Crippen LogP contribution in [0.1, 0.15) is 36.5 Å². The van der Waals surface area contributed by atoms with E-state index in [1.54, 1.807) is 17.0 Å². The van der Waals surface area contributed by atoms with Crippen molar-refractivity contribution in [2.75, 3.05) is 37.9 Å². The average Bonchev–Trinajstić information content (AvgIpc) is 3.05. The fourth-order valence-electron chi connectivity index (χ4n) is 3.32. The maximum absolute atomic E-state index is 12.6. The van der Waals surface area contributed by atoms with Crippen LogP contribution in [0.4, 0.5) is 0 Å². The highest BCUT2D eigenvalue weighted by atomic mass is 32.2. The predicted octanol–water partition coefficient (Wildman–Crippen LogP) is 1.43. The van der Waals surface area contributed by atoms with Crippen molar-refractivity contribution in [2.24, 2.45) is 0 Å². The minimum Gasteiger partial charge on any atom is -0.486 e. The number of sulfone groups is 1. The van der Waals surface area contributed by atoms with E-state index in [4.69, 9.17) is 14.2 Å². The Morgan fingerprint density at radius 1 is 1.21 bits per heavy atom. The first kappa shape index (κ1) is 20.4. The third-order valence-electron chi connectivity index (χ3n) is 4.83. The van der Waals surface area contributed by atoms with E-state index in [1.807, 2.05) is 6.92 Å². The van der Waals surface area contributed by atoms with Gasteiger partial charge in [-0.1, -0.05) is 13.3 Å². The second-order valence-corrected chi connectivity index (χ2v) is 9.16. The molecule has 0 bridgehead atoms. The van der Waals surface area contributed by atoms with Crippen LogP contribution in [-0.2, 0) is 19.4 Å². The first-order valence-corrected chi connectivity index (χ1v) is 11.3. The molecule has 1 fully saturated rings. The van der Waals surface area contributed by atoms with Gasteiger partial charge < -0.3 is 19.1 Å². The first-order valence-electron chi connectivity index (χ1n) is 9.46. The SMILES string of the molecule is CCCCN(C(=O)COC(=O)c1ccc2c(c1)OCCO2)[C@H]1CCS(=O)(=O)C1. The molecule has 0 aliphatic carbocycles. The van der Waals surface area contributed by atoms with Crippen molar-refractivity contribution in [2.45, 2.75) is 32.2 Å².